The molecule has 0 heterocycles. The van der Waals surface area contributed by atoms with Gasteiger partial charge in [-0.25, -0.2) is 4.79 Å². The third-order valence-electron chi connectivity index (χ3n) is 7.68. The molecule has 0 aliphatic heterocycles. The number of aliphatic hydroxyl groups excluding tert-OH is 3. The summed E-state index contributed by atoms with van der Waals surface area (Å²) in [5, 5.41) is 38.6. The quantitative estimate of drug-likeness (QED) is 0.575. The summed E-state index contributed by atoms with van der Waals surface area (Å²) in [5.41, 5.74) is 2.74. The normalized spacial score (nSPS) is 39.5. The van der Waals surface area contributed by atoms with Gasteiger partial charge in [0, 0.05) is 0 Å². The summed E-state index contributed by atoms with van der Waals surface area (Å²) in [6, 6.07) is 0. The van der Waals surface area contributed by atoms with Gasteiger partial charge < -0.3 is 20.4 Å². The van der Waals surface area contributed by atoms with Gasteiger partial charge in [0.25, 0.3) is 0 Å². The molecular weight excluding hydrogens is 356 g/mol. The van der Waals surface area contributed by atoms with Crippen molar-refractivity contribution in [3.05, 3.63) is 23.3 Å². The van der Waals surface area contributed by atoms with Gasteiger partial charge in [-0.15, -0.1) is 0 Å². The zero-order valence-corrected chi connectivity index (χ0v) is 17.2. The number of rotatable bonds is 5. The first kappa shape index (κ1) is 21.5. The minimum absolute atomic E-state index is 0.159. The van der Waals surface area contributed by atoms with Crippen LogP contribution in [0.15, 0.2) is 23.3 Å². The Balaban J connectivity index is 1.73. The molecule has 28 heavy (non-hydrogen) atoms. The lowest BCUT2D eigenvalue weighted by atomic mass is 9.60. The number of carboxylic acids is 1. The van der Waals surface area contributed by atoms with Crippen LogP contribution in [0.25, 0.3) is 0 Å². The van der Waals surface area contributed by atoms with E-state index in [9.17, 15) is 20.1 Å². The molecule has 0 aromatic heterocycles. The third kappa shape index (κ3) is 4.52. The Kier molecular flexibility index (Phi) is 6.68. The lowest BCUT2D eigenvalue weighted by Gasteiger charge is -2.44. The minimum Gasteiger partial charge on any atom is -0.479 e. The van der Waals surface area contributed by atoms with Gasteiger partial charge in [-0.05, 0) is 81.0 Å². The average Bonchev–Trinajstić information content (AvgIpc) is 2.96. The summed E-state index contributed by atoms with van der Waals surface area (Å²) < 4.78 is 0. The van der Waals surface area contributed by atoms with E-state index in [0.717, 1.165) is 37.7 Å². The van der Waals surface area contributed by atoms with Crippen LogP contribution >= 0.6 is 0 Å². The molecule has 3 fully saturated rings. The SMILES string of the molecule is C[C@H](CC(O)C(=O)O)[C@H]1CC[C@H]2C(=CC=C3C[C@@H](O)C[C@H](O)C3)CCC[C@]12C. The van der Waals surface area contributed by atoms with Crippen LogP contribution in [-0.4, -0.2) is 44.7 Å². The molecule has 0 spiro atoms. The lowest BCUT2D eigenvalue weighted by Crippen LogP contribution is -2.37. The molecule has 0 saturated heterocycles. The van der Waals surface area contributed by atoms with Crippen LogP contribution in [0.5, 0.6) is 0 Å². The maximum atomic E-state index is 11.0. The van der Waals surface area contributed by atoms with E-state index in [1.807, 2.05) is 0 Å². The summed E-state index contributed by atoms with van der Waals surface area (Å²) in [4.78, 5) is 11.0. The Labute approximate surface area is 168 Å². The lowest BCUT2D eigenvalue weighted by molar-refractivity contribution is -0.147. The Hall–Kier alpha value is -1.17. The molecular formula is C23H36O5. The smallest absolute Gasteiger partial charge is 0.332 e. The topological polar surface area (TPSA) is 98.0 Å². The van der Waals surface area contributed by atoms with Crippen LogP contribution in [0.3, 0.4) is 0 Å². The van der Waals surface area contributed by atoms with Gasteiger partial charge in [0.05, 0.1) is 12.2 Å². The monoisotopic (exact) mass is 392 g/mol. The second-order valence-corrected chi connectivity index (χ2v) is 9.68. The maximum absolute atomic E-state index is 11.0. The number of allylic oxidation sites excluding steroid dienone is 3. The highest BCUT2D eigenvalue weighted by Gasteiger charge is 2.50. The molecule has 0 bridgehead atoms. The molecule has 7 atom stereocenters. The fourth-order valence-electron chi connectivity index (χ4n) is 6.36. The van der Waals surface area contributed by atoms with Gasteiger partial charge in [-0.3, -0.25) is 0 Å². The van der Waals surface area contributed by atoms with Crippen molar-refractivity contribution in [1.82, 2.24) is 0 Å². The Morgan fingerprint density at radius 1 is 1.21 bits per heavy atom. The second kappa shape index (κ2) is 8.68. The fraction of sp³-hybridized carbons (Fsp3) is 0.783. The molecule has 5 nitrogen and oxygen atoms in total. The molecule has 0 aromatic rings. The largest absolute Gasteiger partial charge is 0.479 e. The van der Waals surface area contributed by atoms with Crippen LogP contribution in [0.4, 0.5) is 0 Å². The molecule has 3 saturated carbocycles. The van der Waals surface area contributed by atoms with Crippen LogP contribution in [0, 0.1) is 23.2 Å². The Morgan fingerprint density at radius 3 is 2.54 bits per heavy atom. The molecule has 3 aliphatic carbocycles. The molecule has 5 heteroatoms. The molecule has 158 valence electrons. The highest BCUT2D eigenvalue weighted by Crippen LogP contribution is 2.59. The predicted octanol–water partition coefficient (Wildman–Crippen LogP) is 3.43. The van der Waals surface area contributed by atoms with E-state index >= 15 is 0 Å². The Bertz CT molecular complexity index is 627. The van der Waals surface area contributed by atoms with Gasteiger partial charge in [-0.2, -0.15) is 0 Å². The summed E-state index contributed by atoms with van der Waals surface area (Å²) in [5.74, 6) is -0.00570. The predicted molar refractivity (Wildman–Crippen MR) is 108 cm³/mol. The van der Waals surface area contributed by atoms with E-state index < -0.39 is 24.3 Å². The van der Waals surface area contributed by atoms with Crippen molar-refractivity contribution in [2.24, 2.45) is 23.2 Å². The summed E-state index contributed by atoms with van der Waals surface area (Å²) in [7, 11) is 0. The number of carbonyl (C=O) groups is 1. The molecule has 4 N–H and O–H groups in total. The van der Waals surface area contributed by atoms with E-state index in [4.69, 9.17) is 5.11 Å². The summed E-state index contributed by atoms with van der Waals surface area (Å²) in [6.07, 6.45) is 9.87. The highest BCUT2D eigenvalue weighted by atomic mass is 16.4. The van der Waals surface area contributed by atoms with Gasteiger partial charge in [0.15, 0.2) is 6.10 Å². The standard InChI is InChI=1S/C23H36O5/c1-14(10-21(26)22(27)28)19-7-8-20-16(4-3-9-23(19,20)2)6-5-15-11-17(24)13-18(25)12-15/h5-6,14,17-21,24-26H,3-4,7-13H2,1-2H3,(H,27,28)/t14-,17-,18-,19-,20+,21?,23-/m1/s1. The van der Waals surface area contributed by atoms with E-state index in [0.29, 0.717) is 37.5 Å². The van der Waals surface area contributed by atoms with Gasteiger partial charge in [0.2, 0.25) is 0 Å². The first-order valence-corrected chi connectivity index (χ1v) is 10.9. The second-order valence-electron chi connectivity index (χ2n) is 9.68. The van der Waals surface area contributed by atoms with Crippen LogP contribution in [0.2, 0.25) is 0 Å². The minimum atomic E-state index is -1.27. The van der Waals surface area contributed by atoms with E-state index in [2.05, 4.69) is 26.0 Å². The van der Waals surface area contributed by atoms with Crippen molar-refractivity contribution in [2.75, 3.05) is 0 Å². The number of hydrogen-bond acceptors (Lipinski definition) is 4. The van der Waals surface area contributed by atoms with Crippen molar-refractivity contribution in [3.63, 3.8) is 0 Å². The van der Waals surface area contributed by atoms with Gasteiger partial charge in [0.1, 0.15) is 0 Å². The van der Waals surface area contributed by atoms with Crippen molar-refractivity contribution in [2.45, 2.75) is 89.9 Å². The Morgan fingerprint density at radius 2 is 1.89 bits per heavy atom. The first-order valence-electron chi connectivity index (χ1n) is 10.9. The average molecular weight is 393 g/mol. The van der Waals surface area contributed by atoms with E-state index in [-0.39, 0.29) is 11.3 Å². The number of fused-ring (bicyclic) bond motifs is 1. The summed E-state index contributed by atoms with van der Waals surface area (Å²) >= 11 is 0. The summed E-state index contributed by atoms with van der Waals surface area (Å²) in [6.45, 7) is 4.45. The third-order valence-corrected chi connectivity index (χ3v) is 7.68. The molecule has 0 radical (unpaired) electrons. The number of carboxylic acid groups (broad SMARTS) is 1. The molecule has 3 aliphatic rings. The first-order chi connectivity index (χ1) is 13.2. The van der Waals surface area contributed by atoms with E-state index in [1.54, 1.807) is 0 Å². The highest BCUT2D eigenvalue weighted by molar-refractivity contribution is 5.71. The van der Waals surface area contributed by atoms with Crippen molar-refractivity contribution in [1.29, 1.82) is 0 Å². The maximum Gasteiger partial charge on any atom is 0.332 e. The van der Waals surface area contributed by atoms with Crippen LogP contribution in [0.1, 0.15) is 71.6 Å². The number of aliphatic carboxylic acids is 1. The molecule has 0 aromatic carbocycles. The van der Waals surface area contributed by atoms with Crippen molar-refractivity contribution >= 4 is 5.97 Å². The fourth-order valence-corrected chi connectivity index (χ4v) is 6.36. The molecule has 3 rings (SSSR count). The zero-order chi connectivity index (χ0) is 20.5. The number of aliphatic hydroxyl groups is 3. The van der Waals surface area contributed by atoms with Crippen LogP contribution in [-0.2, 0) is 4.79 Å². The molecule has 0 amide bonds. The van der Waals surface area contributed by atoms with Gasteiger partial charge in [-0.1, -0.05) is 37.1 Å². The van der Waals surface area contributed by atoms with E-state index in [1.165, 1.54) is 5.57 Å². The van der Waals surface area contributed by atoms with Crippen molar-refractivity contribution < 1.29 is 25.2 Å². The zero-order valence-electron chi connectivity index (χ0n) is 17.2. The van der Waals surface area contributed by atoms with Crippen molar-refractivity contribution in [3.8, 4) is 0 Å². The molecule has 1 unspecified atom stereocenters. The number of hydrogen-bond donors (Lipinski definition) is 4. The van der Waals surface area contributed by atoms with Gasteiger partial charge >= 0.3 is 5.97 Å². The van der Waals surface area contributed by atoms with Crippen LogP contribution < -0.4 is 0 Å².